The highest BCUT2D eigenvalue weighted by atomic mass is 16.5. The first-order valence-electron chi connectivity index (χ1n) is 6.32. The summed E-state index contributed by atoms with van der Waals surface area (Å²) < 4.78 is 10.7. The van der Waals surface area contributed by atoms with Crippen LogP contribution in [0.15, 0.2) is 18.2 Å². The molecule has 1 fully saturated rings. The maximum absolute atomic E-state index is 10.1. The molecule has 4 nitrogen and oxygen atoms in total. The normalized spacial score (nSPS) is 25.1. The topological polar surface area (TPSA) is 41.9 Å². The van der Waals surface area contributed by atoms with Crippen LogP contribution in [0.4, 0.5) is 0 Å². The molecule has 1 N–H and O–H groups in total. The number of nitrogens with zero attached hydrogens (tertiary/aromatic N) is 1. The second kappa shape index (κ2) is 5.59. The standard InChI is InChI=1S/C14H21NO3/c1-10-9-18-11(2)7-15(10)8-12-5-4-6-13(17-3)14(12)16/h4-6,10-11,16H,7-9H2,1-3H3. The van der Waals surface area contributed by atoms with E-state index in [1.54, 1.807) is 13.2 Å². The largest absolute Gasteiger partial charge is 0.504 e. The molecule has 0 saturated carbocycles. The van der Waals surface area contributed by atoms with Crippen molar-refractivity contribution in [2.75, 3.05) is 20.3 Å². The Bertz CT molecular complexity index is 408. The van der Waals surface area contributed by atoms with Gasteiger partial charge < -0.3 is 14.6 Å². The maximum Gasteiger partial charge on any atom is 0.162 e. The highest BCUT2D eigenvalue weighted by Crippen LogP contribution is 2.31. The number of phenols is 1. The second-order valence-electron chi connectivity index (χ2n) is 4.89. The van der Waals surface area contributed by atoms with Crippen LogP contribution in [0.5, 0.6) is 11.5 Å². The zero-order valence-electron chi connectivity index (χ0n) is 11.2. The first kappa shape index (κ1) is 13.2. The van der Waals surface area contributed by atoms with Crippen LogP contribution in [0.3, 0.4) is 0 Å². The van der Waals surface area contributed by atoms with Crippen LogP contribution in [0.25, 0.3) is 0 Å². The van der Waals surface area contributed by atoms with Crippen molar-refractivity contribution in [3.63, 3.8) is 0 Å². The smallest absolute Gasteiger partial charge is 0.162 e. The number of ether oxygens (including phenoxy) is 2. The zero-order valence-corrected chi connectivity index (χ0v) is 11.2. The minimum absolute atomic E-state index is 0.242. The van der Waals surface area contributed by atoms with Crippen LogP contribution in [-0.4, -0.2) is 42.4 Å². The molecule has 1 aromatic rings. The number of methoxy groups -OCH3 is 1. The van der Waals surface area contributed by atoms with Crippen molar-refractivity contribution in [2.45, 2.75) is 32.5 Å². The second-order valence-corrected chi connectivity index (χ2v) is 4.89. The fourth-order valence-corrected chi connectivity index (χ4v) is 2.27. The lowest BCUT2D eigenvalue weighted by atomic mass is 10.1. The number of morpholine rings is 1. The fourth-order valence-electron chi connectivity index (χ4n) is 2.27. The minimum atomic E-state index is 0.242. The zero-order chi connectivity index (χ0) is 13.1. The van der Waals surface area contributed by atoms with E-state index in [1.807, 2.05) is 12.1 Å². The van der Waals surface area contributed by atoms with E-state index in [-0.39, 0.29) is 11.9 Å². The van der Waals surface area contributed by atoms with E-state index in [0.717, 1.165) is 25.3 Å². The Hall–Kier alpha value is -1.26. The Kier molecular flexibility index (Phi) is 4.09. The van der Waals surface area contributed by atoms with E-state index < -0.39 is 0 Å². The molecule has 1 aromatic carbocycles. The number of benzene rings is 1. The molecule has 1 aliphatic rings. The molecule has 2 unspecified atom stereocenters. The van der Waals surface area contributed by atoms with Gasteiger partial charge in [-0.25, -0.2) is 0 Å². The van der Waals surface area contributed by atoms with Gasteiger partial charge >= 0.3 is 0 Å². The molecule has 4 heteroatoms. The summed E-state index contributed by atoms with van der Waals surface area (Å²) in [7, 11) is 1.57. The number of hydrogen-bond donors (Lipinski definition) is 1. The molecule has 1 heterocycles. The summed E-state index contributed by atoms with van der Waals surface area (Å²) in [6.45, 7) is 6.56. The van der Waals surface area contributed by atoms with Gasteiger partial charge in [-0.3, -0.25) is 4.90 Å². The summed E-state index contributed by atoms with van der Waals surface area (Å²) in [4.78, 5) is 2.32. The van der Waals surface area contributed by atoms with Gasteiger partial charge in [0.05, 0.1) is 19.8 Å². The molecule has 2 atom stereocenters. The van der Waals surface area contributed by atoms with Crippen molar-refractivity contribution in [1.29, 1.82) is 0 Å². The summed E-state index contributed by atoms with van der Waals surface area (Å²) in [6.07, 6.45) is 0.244. The van der Waals surface area contributed by atoms with Crippen molar-refractivity contribution in [2.24, 2.45) is 0 Å². The molecule has 0 spiro atoms. The third-order valence-corrected chi connectivity index (χ3v) is 3.41. The number of aromatic hydroxyl groups is 1. The molecule has 0 amide bonds. The van der Waals surface area contributed by atoms with Gasteiger partial charge in [-0.05, 0) is 19.9 Å². The van der Waals surface area contributed by atoms with Crippen molar-refractivity contribution < 1.29 is 14.6 Å². The minimum Gasteiger partial charge on any atom is -0.504 e. The average Bonchev–Trinajstić information content (AvgIpc) is 2.36. The van der Waals surface area contributed by atoms with E-state index in [9.17, 15) is 5.11 Å². The van der Waals surface area contributed by atoms with Crippen LogP contribution in [0.2, 0.25) is 0 Å². The summed E-state index contributed by atoms with van der Waals surface area (Å²) in [5, 5.41) is 10.1. The number of hydrogen-bond acceptors (Lipinski definition) is 4. The lowest BCUT2D eigenvalue weighted by molar-refractivity contribution is -0.0528. The van der Waals surface area contributed by atoms with Crippen LogP contribution in [0.1, 0.15) is 19.4 Å². The molecule has 0 bridgehead atoms. The SMILES string of the molecule is COc1cccc(CN2CC(C)OCC2C)c1O. The van der Waals surface area contributed by atoms with Gasteiger partial charge in [0.25, 0.3) is 0 Å². The number of phenolic OH excluding ortho intramolecular Hbond substituents is 1. The Morgan fingerprint density at radius 2 is 2.22 bits per heavy atom. The maximum atomic E-state index is 10.1. The van der Waals surface area contributed by atoms with E-state index in [1.165, 1.54) is 0 Å². The molecule has 100 valence electrons. The van der Waals surface area contributed by atoms with Crippen molar-refractivity contribution >= 4 is 0 Å². The van der Waals surface area contributed by atoms with E-state index in [2.05, 4.69) is 18.7 Å². The third-order valence-electron chi connectivity index (χ3n) is 3.41. The van der Waals surface area contributed by atoms with Gasteiger partial charge in [-0.1, -0.05) is 12.1 Å². The summed E-state index contributed by atoms with van der Waals surface area (Å²) in [6, 6.07) is 5.98. The molecular formula is C14H21NO3. The molecule has 18 heavy (non-hydrogen) atoms. The van der Waals surface area contributed by atoms with E-state index in [4.69, 9.17) is 9.47 Å². The van der Waals surface area contributed by atoms with Crippen molar-refractivity contribution in [3.05, 3.63) is 23.8 Å². The fraction of sp³-hybridized carbons (Fsp3) is 0.571. The van der Waals surface area contributed by atoms with Crippen molar-refractivity contribution in [3.8, 4) is 11.5 Å². The van der Waals surface area contributed by atoms with Gasteiger partial charge in [0.15, 0.2) is 11.5 Å². The van der Waals surface area contributed by atoms with Crippen LogP contribution < -0.4 is 4.74 Å². The van der Waals surface area contributed by atoms with Crippen LogP contribution >= 0.6 is 0 Å². The Labute approximate surface area is 108 Å². The first-order chi connectivity index (χ1) is 8.61. The number of para-hydroxylation sites is 1. The molecular weight excluding hydrogens is 230 g/mol. The molecule has 0 aromatic heterocycles. The van der Waals surface area contributed by atoms with E-state index >= 15 is 0 Å². The van der Waals surface area contributed by atoms with Gasteiger partial charge in [0.2, 0.25) is 0 Å². The van der Waals surface area contributed by atoms with Gasteiger partial charge in [-0.15, -0.1) is 0 Å². The lowest BCUT2D eigenvalue weighted by Gasteiger charge is -2.36. The van der Waals surface area contributed by atoms with Gasteiger partial charge in [0, 0.05) is 24.7 Å². The molecule has 0 aliphatic carbocycles. The monoisotopic (exact) mass is 251 g/mol. The average molecular weight is 251 g/mol. The predicted molar refractivity (Wildman–Crippen MR) is 69.9 cm³/mol. The molecule has 1 aliphatic heterocycles. The predicted octanol–water partition coefficient (Wildman–Crippen LogP) is 2.01. The lowest BCUT2D eigenvalue weighted by Crippen LogP contribution is -2.46. The first-order valence-corrected chi connectivity index (χ1v) is 6.32. The molecule has 2 rings (SSSR count). The summed E-state index contributed by atoms with van der Waals surface area (Å²) >= 11 is 0. The van der Waals surface area contributed by atoms with Crippen LogP contribution in [-0.2, 0) is 11.3 Å². The summed E-state index contributed by atoms with van der Waals surface area (Å²) in [5.41, 5.74) is 0.898. The van der Waals surface area contributed by atoms with Crippen LogP contribution in [0, 0.1) is 0 Å². The highest BCUT2D eigenvalue weighted by molar-refractivity contribution is 5.45. The van der Waals surface area contributed by atoms with Gasteiger partial charge in [0.1, 0.15) is 0 Å². The van der Waals surface area contributed by atoms with Crippen molar-refractivity contribution in [1.82, 2.24) is 4.90 Å². The molecule has 0 radical (unpaired) electrons. The molecule has 1 saturated heterocycles. The highest BCUT2D eigenvalue weighted by Gasteiger charge is 2.24. The third kappa shape index (κ3) is 2.76. The van der Waals surface area contributed by atoms with E-state index in [0.29, 0.717) is 11.8 Å². The Morgan fingerprint density at radius 3 is 2.94 bits per heavy atom. The Morgan fingerprint density at radius 1 is 1.44 bits per heavy atom. The Balaban J connectivity index is 2.13. The van der Waals surface area contributed by atoms with Gasteiger partial charge in [-0.2, -0.15) is 0 Å². The number of rotatable bonds is 3. The summed E-state index contributed by atoms with van der Waals surface area (Å²) in [5.74, 6) is 0.771. The quantitative estimate of drug-likeness (QED) is 0.892.